The monoisotopic (exact) mass is 255 g/mol. The first-order chi connectivity index (χ1) is 9.31. The average molecular weight is 255 g/mol. The Balaban J connectivity index is 1.59. The van der Waals surface area contributed by atoms with Gasteiger partial charge in [0.1, 0.15) is 11.3 Å². The van der Waals surface area contributed by atoms with Crippen LogP contribution >= 0.6 is 0 Å². The van der Waals surface area contributed by atoms with Crippen LogP contribution in [-0.4, -0.2) is 15.8 Å². The molecule has 1 atom stereocenters. The third kappa shape index (κ3) is 2.85. The van der Waals surface area contributed by atoms with Crippen molar-refractivity contribution in [2.75, 3.05) is 0 Å². The van der Waals surface area contributed by atoms with Gasteiger partial charge in [-0.05, 0) is 25.1 Å². The molecular weight excluding hydrogens is 238 g/mol. The number of nitrogens with zero attached hydrogens (tertiary/aromatic N) is 2. The third-order valence-corrected chi connectivity index (χ3v) is 3.12. The SMILES string of the molecule is C[C@H](Cn1cccn1)NCc1cc2ccccc2o1. The minimum Gasteiger partial charge on any atom is -0.460 e. The molecule has 4 nitrogen and oxygen atoms in total. The summed E-state index contributed by atoms with van der Waals surface area (Å²) in [5.41, 5.74) is 0.944. The maximum atomic E-state index is 5.77. The van der Waals surface area contributed by atoms with Gasteiger partial charge in [0.05, 0.1) is 13.1 Å². The van der Waals surface area contributed by atoms with Gasteiger partial charge in [0.2, 0.25) is 0 Å². The van der Waals surface area contributed by atoms with E-state index in [9.17, 15) is 0 Å². The molecule has 0 fully saturated rings. The van der Waals surface area contributed by atoms with Crippen LogP contribution < -0.4 is 5.32 Å². The maximum absolute atomic E-state index is 5.77. The summed E-state index contributed by atoms with van der Waals surface area (Å²) in [6, 6.07) is 12.4. The van der Waals surface area contributed by atoms with E-state index in [4.69, 9.17) is 4.42 Å². The molecule has 0 unspecified atom stereocenters. The zero-order valence-electron chi connectivity index (χ0n) is 10.9. The highest BCUT2D eigenvalue weighted by Crippen LogP contribution is 2.18. The van der Waals surface area contributed by atoms with Crippen LogP contribution in [0, 0.1) is 0 Å². The van der Waals surface area contributed by atoms with Gasteiger partial charge in [0.25, 0.3) is 0 Å². The first-order valence-corrected chi connectivity index (χ1v) is 6.49. The predicted molar refractivity (Wildman–Crippen MR) is 74.7 cm³/mol. The van der Waals surface area contributed by atoms with Crippen LogP contribution in [0.3, 0.4) is 0 Å². The van der Waals surface area contributed by atoms with Gasteiger partial charge in [-0.15, -0.1) is 0 Å². The Kier molecular flexibility index (Phi) is 3.33. The Morgan fingerprint density at radius 3 is 3.00 bits per heavy atom. The van der Waals surface area contributed by atoms with Gasteiger partial charge < -0.3 is 9.73 Å². The number of hydrogen-bond acceptors (Lipinski definition) is 3. The molecule has 3 aromatic rings. The van der Waals surface area contributed by atoms with Crippen molar-refractivity contribution in [1.82, 2.24) is 15.1 Å². The van der Waals surface area contributed by atoms with Gasteiger partial charge in [-0.25, -0.2) is 0 Å². The molecule has 0 saturated carbocycles. The first kappa shape index (κ1) is 12.0. The van der Waals surface area contributed by atoms with E-state index in [1.54, 1.807) is 6.20 Å². The summed E-state index contributed by atoms with van der Waals surface area (Å²) in [4.78, 5) is 0. The zero-order chi connectivity index (χ0) is 13.1. The average Bonchev–Trinajstić information content (AvgIpc) is 3.04. The molecule has 0 saturated heterocycles. The third-order valence-electron chi connectivity index (χ3n) is 3.12. The van der Waals surface area contributed by atoms with Gasteiger partial charge in [0, 0.05) is 23.8 Å². The maximum Gasteiger partial charge on any atom is 0.134 e. The fourth-order valence-corrected chi connectivity index (χ4v) is 2.15. The van der Waals surface area contributed by atoms with E-state index in [0.29, 0.717) is 6.04 Å². The lowest BCUT2D eigenvalue weighted by Gasteiger charge is -2.12. The molecule has 0 radical (unpaired) electrons. The largest absolute Gasteiger partial charge is 0.460 e. The van der Waals surface area contributed by atoms with E-state index < -0.39 is 0 Å². The van der Waals surface area contributed by atoms with E-state index >= 15 is 0 Å². The molecule has 1 N–H and O–H groups in total. The molecule has 0 aliphatic heterocycles. The number of fused-ring (bicyclic) bond motifs is 1. The second kappa shape index (κ2) is 5.28. The molecule has 4 heteroatoms. The van der Waals surface area contributed by atoms with Crippen molar-refractivity contribution in [1.29, 1.82) is 0 Å². The molecule has 98 valence electrons. The standard InChI is InChI=1S/C15H17N3O/c1-12(11-18-8-4-7-17-18)16-10-14-9-13-5-2-3-6-15(13)19-14/h2-9,12,16H,10-11H2,1H3/t12-/m1/s1. The van der Waals surface area contributed by atoms with E-state index in [1.807, 2.05) is 35.1 Å². The highest BCUT2D eigenvalue weighted by Gasteiger charge is 2.06. The van der Waals surface area contributed by atoms with E-state index in [-0.39, 0.29) is 0 Å². The summed E-state index contributed by atoms with van der Waals surface area (Å²) in [5, 5.41) is 8.79. The van der Waals surface area contributed by atoms with Crippen molar-refractivity contribution in [2.45, 2.75) is 26.1 Å². The Labute approximate surface area is 112 Å². The summed E-state index contributed by atoms with van der Waals surface area (Å²) in [6.07, 6.45) is 3.77. The van der Waals surface area contributed by atoms with E-state index in [0.717, 1.165) is 29.8 Å². The van der Waals surface area contributed by atoms with Crippen molar-refractivity contribution in [2.24, 2.45) is 0 Å². The highest BCUT2D eigenvalue weighted by atomic mass is 16.3. The molecule has 0 bridgehead atoms. The van der Waals surface area contributed by atoms with Crippen molar-refractivity contribution in [3.63, 3.8) is 0 Å². The molecule has 0 amide bonds. The number of para-hydroxylation sites is 1. The van der Waals surface area contributed by atoms with Crippen LogP contribution in [0.25, 0.3) is 11.0 Å². The summed E-state index contributed by atoms with van der Waals surface area (Å²) in [5.74, 6) is 0.966. The van der Waals surface area contributed by atoms with Gasteiger partial charge in [-0.1, -0.05) is 18.2 Å². The fourth-order valence-electron chi connectivity index (χ4n) is 2.15. The lowest BCUT2D eigenvalue weighted by Crippen LogP contribution is -2.29. The van der Waals surface area contributed by atoms with Crippen molar-refractivity contribution < 1.29 is 4.42 Å². The molecule has 19 heavy (non-hydrogen) atoms. The van der Waals surface area contributed by atoms with Gasteiger partial charge in [0.15, 0.2) is 0 Å². The zero-order valence-corrected chi connectivity index (χ0v) is 10.9. The van der Waals surface area contributed by atoms with Crippen molar-refractivity contribution in [3.05, 3.63) is 54.6 Å². The van der Waals surface area contributed by atoms with Crippen LogP contribution in [0.5, 0.6) is 0 Å². The lowest BCUT2D eigenvalue weighted by atomic mass is 10.2. The molecular formula is C15H17N3O. The van der Waals surface area contributed by atoms with Crippen LogP contribution in [-0.2, 0) is 13.1 Å². The number of rotatable bonds is 5. The van der Waals surface area contributed by atoms with Gasteiger partial charge in [-0.2, -0.15) is 5.10 Å². The minimum absolute atomic E-state index is 0.341. The molecule has 0 aliphatic rings. The van der Waals surface area contributed by atoms with Crippen LogP contribution in [0.4, 0.5) is 0 Å². The van der Waals surface area contributed by atoms with E-state index in [1.165, 1.54) is 0 Å². The number of furan rings is 1. The Bertz CT molecular complexity index is 609. The van der Waals surface area contributed by atoms with Crippen molar-refractivity contribution in [3.8, 4) is 0 Å². The molecule has 3 rings (SSSR count). The van der Waals surface area contributed by atoms with Crippen LogP contribution in [0.15, 0.2) is 53.2 Å². The van der Waals surface area contributed by atoms with E-state index in [2.05, 4.69) is 29.5 Å². The predicted octanol–water partition coefficient (Wildman–Crippen LogP) is 2.81. The Morgan fingerprint density at radius 2 is 2.21 bits per heavy atom. The molecule has 0 spiro atoms. The number of nitrogens with one attached hydrogen (secondary N) is 1. The summed E-state index contributed by atoms with van der Waals surface area (Å²) in [6.45, 7) is 3.73. The molecule has 2 aromatic heterocycles. The number of benzene rings is 1. The molecule has 1 aromatic carbocycles. The van der Waals surface area contributed by atoms with Gasteiger partial charge in [-0.3, -0.25) is 4.68 Å². The lowest BCUT2D eigenvalue weighted by molar-refractivity contribution is 0.423. The topological polar surface area (TPSA) is 43.0 Å². The Morgan fingerprint density at radius 1 is 1.32 bits per heavy atom. The second-order valence-electron chi connectivity index (χ2n) is 4.76. The fraction of sp³-hybridized carbons (Fsp3) is 0.267. The Hall–Kier alpha value is -2.07. The van der Waals surface area contributed by atoms with Gasteiger partial charge >= 0.3 is 0 Å². The van der Waals surface area contributed by atoms with Crippen LogP contribution in [0.2, 0.25) is 0 Å². The highest BCUT2D eigenvalue weighted by molar-refractivity contribution is 5.77. The van der Waals surface area contributed by atoms with Crippen molar-refractivity contribution >= 4 is 11.0 Å². The summed E-state index contributed by atoms with van der Waals surface area (Å²) >= 11 is 0. The number of hydrogen-bond donors (Lipinski definition) is 1. The minimum atomic E-state index is 0.341. The summed E-state index contributed by atoms with van der Waals surface area (Å²) < 4.78 is 7.70. The van der Waals surface area contributed by atoms with Crippen LogP contribution in [0.1, 0.15) is 12.7 Å². The quantitative estimate of drug-likeness (QED) is 0.762. The normalized spacial score (nSPS) is 12.9. The molecule has 2 heterocycles. The summed E-state index contributed by atoms with van der Waals surface area (Å²) in [7, 11) is 0. The second-order valence-corrected chi connectivity index (χ2v) is 4.76. The smallest absolute Gasteiger partial charge is 0.134 e. The number of aromatic nitrogens is 2. The molecule has 0 aliphatic carbocycles. The first-order valence-electron chi connectivity index (χ1n) is 6.49.